The number of nitrogens with zero attached hydrogens (tertiary/aromatic N) is 4. The molecule has 3 rings (SSSR count). The van der Waals surface area contributed by atoms with Crippen molar-refractivity contribution in [2.45, 2.75) is 6.18 Å². The molecular weight excluding hydrogens is 432 g/mol. The molecule has 0 bridgehead atoms. The third-order valence-electron chi connectivity index (χ3n) is 3.04. The van der Waals surface area contributed by atoms with Gasteiger partial charge in [0.25, 0.3) is 0 Å². The molecule has 0 saturated carbocycles. The van der Waals surface area contributed by atoms with Gasteiger partial charge in [0, 0.05) is 11.6 Å². The maximum atomic E-state index is 12.5. The number of benzene rings is 2. The molecule has 0 unspecified atom stereocenters. The molecule has 1 aromatic heterocycles. The van der Waals surface area contributed by atoms with Crippen LogP contribution in [0.5, 0.6) is 0 Å². The van der Waals surface area contributed by atoms with Crippen LogP contribution in [0.2, 0.25) is 5.02 Å². The van der Waals surface area contributed by atoms with Crippen molar-refractivity contribution in [2.24, 2.45) is 0 Å². The summed E-state index contributed by atoms with van der Waals surface area (Å²) in [6.45, 7) is 9.50. The summed E-state index contributed by atoms with van der Waals surface area (Å²) in [5.41, 5.74) is 0.609. The minimum Gasteiger partial charge on any atom is -0.512 e. The van der Waals surface area contributed by atoms with Gasteiger partial charge in [-0.3, -0.25) is 0 Å². The topological polar surface area (TPSA) is 97.4 Å². The third kappa shape index (κ3) is 5.48. The Morgan fingerprint density at radius 1 is 1.04 bits per heavy atom. The largest absolute Gasteiger partial charge is 2.00 e. The minimum atomic E-state index is -4.40. The van der Waals surface area contributed by atoms with Crippen molar-refractivity contribution in [1.29, 1.82) is 15.8 Å². The van der Waals surface area contributed by atoms with E-state index in [0.717, 1.165) is 12.1 Å². The van der Waals surface area contributed by atoms with Gasteiger partial charge in [-0.15, -0.1) is 0 Å². The van der Waals surface area contributed by atoms with E-state index in [1.165, 1.54) is 24.3 Å². The molecule has 5 nitrogen and oxygen atoms in total. The molecule has 1 radical (unpaired) electrons. The molecular formula is C17H6ClCuF3N4O. The monoisotopic (exact) mass is 437 g/mol. The number of fused-ring (bicyclic) bond motifs is 1. The van der Waals surface area contributed by atoms with Crippen LogP contribution in [0.25, 0.3) is 22.6 Å². The molecule has 2 aromatic carbocycles. The van der Waals surface area contributed by atoms with E-state index in [-0.39, 0.29) is 28.0 Å². The van der Waals surface area contributed by atoms with E-state index < -0.39 is 11.7 Å². The van der Waals surface area contributed by atoms with Crippen molar-refractivity contribution in [3.05, 3.63) is 65.7 Å². The van der Waals surface area contributed by atoms with Crippen molar-refractivity contribution in [3.63, 3.8) is 0 Å². The van der Waals surface area contributed by atoms with Crippen molar-refractivity contribution >= 4 is 22.7 Å². The Kier molecular flexibility index (Phi) is 9.06. The average Bonchev–Trinajstić information content (AvgIpc) is 3.09. The number of oxazole rings is 1. The van der Waals surface area contributed by atoms with Crippen LogP contribution in [-0.4, -0.2) is 4.98 Å². The number of rotatable bonds is 1. The summed E-state index contributed by atoms with van der Waals surface area (Å²) in [6.07, 6.45) is -4.40. The van der Waals surface area contributed by atoms with E-state index in [0.29, 0.717) is 22.2 Å². The summed E-state index contributed by atoms with van der Waals surface area (Å²) in [5.74, 6) is 0.140. The number of halogens is 4. The molecule has 10 heteroatoms. The summed E-state index contributed by atoms with van der Waals surface area (Å²) >= 11 is 6.00. The second kappa shape index (κ2) is 10.2. The predicted octanol–water partition coefficient (Wildman–Crippen LogP) is 5.23. The molecule has 0 amide bonds. The van der Waals surface area contributed by atoms with Gasteiger partial charge in [0.1, 0.15) is 5.52 Å². The molecule has 0 spiro atoms. The standard InChI is InChI=1S/C15H6ClF3N2O.2CN.Cu/c16-11-5-8(7-20)6-12-13(11)21-14(22-12)9-1-3-10(4-2-9)15(17,18)19;2*1-2;/h1-6H;;;/q;2*-1;+2. The molecule has 0 aliphatic carbocycles. The molecule has 0 N–H and O–H groups in total. The maximum Gasteiger partial charge on any atom is 2.00 e. The molecule has 3 aromatic rings. The van der Waals surface area contributed by atoms with E-state index in [1.54, 1.807) is 0 Å². The number of alkyl halides is 3. The second-order valence-electron chi connectivity index (χ2n) is 4.51. The molecule has 0 atom stereocenters. The van der Waals surface area contributed by atoms with E-state index in [9.17, 15) is 13.2 Å². The maximum absolute atomic E-state index is 12.5. The van der Waals surface area contributed by atoms with Crippen LogP contribution in [0.4, 0.5) is 13.2 Å². The zero-order valence-electron chi connectivity index (χ0n) is 13.0. The number of aromatic nitrogens is 1. The van der Waals surface area contributed by atoms with E-state index in [1.807, 2.05) is 6.07 Å². The molecule has 0 aliphatic heterocycles. The number of nitriles is 1. The van der Waals surface area contributed by atoms with Crippen molar-refractivity contribution in [2.75, 3.05) is 0 Å². The first-order valence-corrected chi connectivity index (χ1v) is 6.89. The fourth-order valence-corrected chi connectivity index (χ4v) is 2.23. The van der Waals surface area contributed by atoms with E-state index >= 15 is 0 Å². The van der Waals surface area contributed by atoms with Crippen LogP contribution in [0.3, 0.4) is 0 Å². The van der Waals surface area contributed by atoms with Crippen molar-refractivity contribution in [1.82, 2.24) is 4.98 Å². The van der Waals surface area contributed by atoms with Crippen LogP contribution in [0.15, 0.2) is 40.8 Å². The molecule has 0 fully saturated rings. The number of hydrogen-bond acceptors (Lipinski definition) is 5. The SMILES string of the molecule is N#Cc1cc(Cl)c2nc(-c3ccc(C(F)(F)F)cc3)oc2c1.[C-]#N.[C-]#N.[Cu+2]. The quantitative estimate of drug-likeness (QED) is 0.383. The van der Waals surface area contributed by atoms with Crippen LogP contribution in [0, 0.1) is 35.0 Å². The fraction of sp³-hybridized carbons (Fsp3) is 0.0588. The molecule has 0 saturated heterocycles. The van der Waals surface area contributed by atoms with Crippen molar-refractivity contribution < 1.29 is 34.7 Å². The van der Waals surface area contributed by atoms with Crippen LogP contribution in [0.1, 0.15) is 11.1 Å². The molecule has 1 heterocycles. The van der Waals surface area contributed by atoms with Gasteiger partial charge in [0.2, 0.25) is 5.89 Å². The fourth-order valence-electron chi connectivity index (χ4n) is 1.98. The average molecular weight is 438 g/mol. The molecule has 139 valence electrons. The Labute approximate surface area is 167 Å². The smallest absolute Gasteiger partial charge is 0.512 e. The van der Waals surface area contributed by atoms with Crippen LogP contribution < -0.4 is 0 Å². The molecule has 27 heavy (non-hydrogen) atoms. The molecule has 0 aliphatic rings. The summed E-state index contributed by atoms with van der Waals surface area (Å²) in [6, 6.07) is 9.30. The summed E-state index contributed by atoms with van der Waals surface area (Å²) < 4.78 is 43.1. The Balaban J connectivity index is 0.00000127. The van der Waals surface area contributed by atoms with E-state index in [4.69, 9.17) is 44.9 Å². The van der Waals surface area contributed by atoms with Gasteiger partial charge in [-0.25, -0.2) is 4.98 Å². The summed E-state index contributed by atoms with van der Waals surface area (Å²) in [7, 11) is 0. The Morgan fingerprint density at radius 2 is 1.59 bits per heavy atom. The summed E-state index contributed by atoms with van der Waals surface area (Å²) in [5, 5.41) is 21.6. The minimum absolute atomic E-state index is 0. The third-order valence-corrected chi connectivity index (χ3v) is 3.32. The van der Waals surface area contributed by atoms with Gasteiger partial charge in [0.15, 0.2) is 5.58 Å². The first kappa shape index (κ1) is 24.0. The Morgan fingerprint density at radius 3 is 2.07 bits per heavy atom. The first-order valence-electron chi connectivity index (χ1n) is 6.51. The zero-order chi connectivity index (χ0) is 19.9. The number of hydrogen-bond donors (Lipinski definition) is 0. The first-order chi connectivity index (χ1) is 12.4. The zero-order valence-corrected chi connectivity index (χ0v) is 14.7. The normalized spacial score (nSPS) is 9.59. The van der Waals surface area contributed by atoms with Crippen LogP contribution in [-0.2, 0) is 23.2 Å². The van der Waals surface area contributed by atoms with Gasteiger partial charge < -0.3 is 28.1 Å². The van der Waals surface area contributed by atoms with Gasteiger partial charge in [-0.05, 0) is 30.3 Å². The predicted molar refractivity (Wildman–Crippen MR) is 84.1 cm³/mol. The van der Waals surface area contributed by atoms with Gasteiger partial charge in [-0.1, -0.05) is 11.6 Å². The van der Waals surface area contributed by atoms with Gasteiger partial charge in [-0.2, -0.15) is 18.4 Å². The van der Waals surface area contributed by atoms with Gasteiger partial charge in [0.05, 0.1) is 22.2 Å². The Bertz CT molecular complexity index is 983. The Hall–Kier alpha value is -3.02. The van der Waals surface area contributed by atoms with Crippen molar-refractivity contribution in [3.8, 4) is 17.5 Å². The van der Waals surface area contributed by atoms with E-state index in [2.05, 4.69) is 4.98 Å². The summed E-state index contributed by atoms with van der Waals surface area (Å²) in [4.78, 5) is 4.16. The van der Waals surface area contributed by atoms with Crippen LogP contribution >= 0.6 is 11.6 Å². The van der Waals surface area contributed by atoms with Gasteiger partial charge >= 0.3 is 23.2 Å². The second-order valence-corrected chi connectivity index (χ2v) is 4.92.